The van der Waals surface area contributed by atoms with Gasteiger partial charge >= 0.3 is 5.97 Å². The molecule has 0 fully saturated rings. The summed E-state index contributed by atoms with van der Waals surface area (Å²) in [5, 5.41) is 14.0. The van der Waals surface area contributed by atoms with Gasteiger partial charge in [-0.3, -0.25) is 4.79 Å². The van der Waals surface area contributed by atoms with Gasteiger partial charge in [0.15, 0.2) is 0 Å². The topological polar surface area (TPSA) is 71.5 Å². The van der Waals surface area contributed by atoms with E-state index < -0.39 is 11.9 Å². The predicted molar refractivity (Wildman–Crippen MR) is 136 cm³/mol. The van der Waals surface area contributed by atoms with Gasteiger partial charge in [0.1, 0.15) is 12.5 Å². The van der Waals surface area contributed by atoms with Gasteiger partial charge in [0, 0.05) is 38.9 Å². The van der Waals surface area contributed by atoms with Crippen molar-refractivity contribution in [3.63, 3.8) is 0 Å². The SMILES string of the molecule is CCCCCCCCCCNCc1c(Cl)cc(Cl)cc1Cl.O=C(O)[C@@H]1COc2ncccc21. The number of fused-ring (bicyclic) bond motifs is 1. The minimum absolute atomic E-state index is 0.196. The number of nitrogens with zero attached hydrogens (tertiary/aromatic N) is 1. The smallest absolute Gasteiger partial charge is 0.314 e. The summed E-state index contributed by atoms with van der Waals surface area (Å²) in [7, 11) is 0. The Morgan fingerprint density at radius 1 is 1.09 bits per heavy atom. The van der Waals surface area contributed by atoms with Crippen molar-refractivity contribution in [1.29, 1.82) is 0 Å². The van der Waals surface area contributed by atoms with Gasteiger partial charge in [0.2, 0.25) is 5.88 Å². The third kappa shape index (κ3) is 9.70. The highest BCUT2D eigenvalue weighted by atomic mass is 35.5. The Bertz CT molecular complexity index is 857. The Balaban J connectivity index is 0.000000268. The average molecular weight is 516 g/mol. The van der Waals surface area contributed by atoms with E-state index in [4.69, 9.17) is 44.6 Å². The van der Waals surface area contributed by atoms with E-state index in [0.29, 0.717) is 33.1 Å². The van der Waals surface area contributed by atoms with Gasteiger partial charge < -0.3 is 15.2 Å². The first-order valence-electron chi connectivity index (χ1n) is 11.6. The predicted octanol–water partition coefficient (Wildman–Crippen LogP) is 7.52. The normalized spacial score (nSPS) is 14.2. The second kappa shape index (κ2) is 15.4. The zero-order valence-corrected chi connectivity index (χ0v) is 21.4. The molecule has 0 bridgehead atoms. The Hall–Kier alpha value is -1.53. The molecule has 0 unspecified atom stereocenters. The molecule has 0 aliphatic carbocycles. The van der Waals surface area contributed by atoms with Gasteiger partial charge in [-0.25, -0.2) is 4.98 Å². The first-order chi connectivity index (χ1) is 15.9. The lowest BCUT2D eigenvalue weighted by Crippen LogP contribution is -2.15. The van der Waals surface area contributed by atoms with Gasteiger partial charge in [0.25, 0.3) is 0 Å². The number of pyridine rings is 1. The highest BCUT2D eigenvalue weighted by Gasteiger charge is 2.30. The zero-order chi connectivity index (χ0) is 24.1. The lowest BCUT2D eigenvalue weighted by Gasteiger charge is -2.09. The number of nitrogens with one attached hydrogen (secondary N) is 1. The van der Waals surface area contributed by atoms with Crippen LogP contribution >= 0.6 is 34.8 Å². The fourth-order valence-electron chi connectivity index (χ4n) is 3.58. The number of hydrogen-bond donors (Lipinski definition) is 2. The van der Waals surface area contributed by atoms with Crippen LogP contribution in [-0.4, -0.2) is 29.2 Å². The molecule has 1 aromatic carbocycles. The van der Waals surface area contributed by atoms with Crippen LogP contribution in [0.3, 0.4) is 0 Å². The van der Waals surface area contributed by atoms with E-state index in [1.165, 1.54) is 51.4 Å². The summed E-state index contributed by atoms with van der Waals surface area (Å²) >= 11 is 18.2. The molecule has 0 saturated heterocycles. The van der Waals surface area contributed by atoms with E-state index in [1.54, 1.807) is 30.5 Å². The van der Waals surface area contributed by atoms with Crippen molar-refractivity contribution in [1.82, 2.24) is 10.3 Å². The fourth-order valence-corrected chi connectivity index (χ4v) is 4.53. The maximum Gasteiger partial charge on any atom is 0.314 e. The van der Waals surface area contributed by atoms with Gasteiger partial charge in [-0.1, -0.05) is 92.7 Å². The van der Waals surface area contributed by atoms with Crippen LogP contribution in [0.5, 0.6) is 5.88 Å². The van der Waals surface area contributed by atoms with E-state index in [0.717, 1.165) is 12.1 Å². The molecule has 1 aromatic heterocycles. The summed E-state index contributed by atoms with van der Waals surface area (Å²) < 4.78 is 5.08. The number of carboxylic acid groups (broad SMARTS) is 1. The number of aliphatic carboxylic acids is 1. The molecule has 1 atom stereocenters. The fraction of sp³-hybridized carbons (Fsp3) is 0.520. The van der Waals surface area contributed by atoms with Crippen LogP contribution in [0.4, 0.5) is 0 Å². The Morgan fingerprint density at radius 3 is 2.36 bits per heavy atom. The van der Waals surface area contributed by atoms with Crippen LogP contribution in [0.1, 0.15) is 75.3 Å². The molecular weight excluding hydrogens is 483 g/mol. The quantitative estimate of drug-likeness (QED) is 0.286. The van der Waals surface area contributed by atoms with Crippen LogP contribution in [0.15, 0.2) is 30.5 Å². The van der Waals surface area contributed by atoms with Gasteiger partial charge in [-0.15, -0.1) is 0 Å². The maximum absolute atomic E-state index is 10.7. The standard InChI is InChI=1S/C17H26Cl3N.C8H7NO3/c1-2-3-4-5-6-7-8-9-10-21-13-15-16(19)11-14(18)12-17(15)20;10-8(11)6-4-12-7-5(6)2-1-3-9-7/h11-12,21H,2-10,13H2,1H3;1-3,6H,4H2,(H,10,11)/t;6-/m.1/s1. The minimum atomic E-state index is -0.859. The molecule has 1 aliphatic heterocycles. The molecule has 182 valence electrons. The lowest BCUT2D eigenvalue weighted by molar-refractivity contribution is -0.138. The zero-order valence-electron chi connectivity index (χ0n) is 19.1. The molecule has 2 N–H and O–H groups in total. The van der Waals surface area contributed by atoms with E-state index in [-0.39, 0.29) is 6.61 Å². The molecule has 0 radical (unpaired) electrons. The third-order valence-electron chi connectivity index (χ3n) is 5.48. The van der Waals surface area contributed by atoms with Crippen LogP contribution in [0.25, 0.3) is 0 Å². The summed E-state index contributed by atoms with van der Waals surface area (Å²) in [5.41, 5.74) is 1.60. The number of carboxylic acids is 1. The van der Waals surface area contributed by atoms with Gasteiger partial charge in [-0.05, 0) is 31.2 Å². The molecule has 2 heterocycles. The molecule has 8 heteroatoms. The second-order valence-corrected chi connectivity index (χ2v) is 9.35. The number of hydrogen-bond acceptors (Lipinski definition) is 4. The Labute approximate surface area is 211 Å². The summed E-state index contributed by atoms with van der Waals surface area (Å²) in [6.45, 7) is 4.15. The van der Waals surface area contributed by atoms with Crippen molar-refractivity contribution in [2.75, 3.05) is 13.2 Å². The monoisotopic (exact) mass is 514 g/mol. The molecule has 2 aromatic rings. The largest absolute Gasteiger partial charge is 0.481 e. The van der Waals surface area contributed by atoms with Crippen LogP contribution in [0, 0.1) is 0 Å². The minimum Gasteiger partial charge on any atom is -0.481 e. The van der Waals surface area contributed by atoms with Crippen molar-refractivity contribution in [3.05, 3.63) is 56.7 Å². The number of carbonyl (C=O) groups is 1. The first-order valence-corrected chi connectivity index (χ1v) is 12.7. The summed E-state index contributed by atoms with van der Waals surface area (Å²) in [5.74, 6) is -0.958. The average Bonchev–Trinajstić information content (AvgIpc) is 3.21. The van der Waals surface area contributed by atoms with E-state index in [9.17, 15) is 4.79 Å². The van der Waals surface area contributed by atoms with Crippen molar-refractivity contribution in [3.8, 4) is 5.88 Å². The van der Waals surface area contributed by atoms with E-state index in [1.807, 2.05) is 0 Å². The molecular formula is C25H33Cl3N2O3. The van der Waals surface area contributed by atoms with Crippen molar-refractivity contribution < 1.29 is 14.6 Å². The van der Waals surface area contributed by atoms with Crippen LogP contribution < -0.4 is 10.1 Å². The first kappa shape index (κ1) is 27.7. The Morgan fingerprint density at radius 2 is 1.73 bits per heavy atom. The molecule has 3 rings (SSSR count). The second-order valence-electron chi connectivity index (χ2n) is 8.10. The number of halogens is 3. The van der Waals surface area contributed by atoms with Crippen molar-refractivity contribution in [2.24, 2.45) is 0 Å². The number of unbranched alkanes of at least 4 members (excludes halogenated alkanes) is 7. The number of rotatable bonds is 12. The van der Waals surface area contributed by atoms with E-state index >= 15 is 0 Å². The highest BCUT2D eigenvalue weighted by Crippen LogP contribution is 2.31. The van der Waals surface area contributed by atoms with Gasteiger partial charge in [0.05, 0.1) is 0 Å². The molecule has 0 amide bonds. The van der Waals surface area contributed by atoms with E-state index in [2.05, 4.69) is 17.2 Å². The van der Waals surface area contributed by atoms with Crippen molar-refractivity contribution in [2.45, 2.75) is 70.8 Å². The molecule has 5 nitrogen and oxygen atoms in total. The maximum atomic E-state index is 10.7. The van der Waals surface area contributed by atoms with Gasteiger partial charge in [-0.2, -0.15) is 0 Å². The van der Waals surface area contributed by atoms with Crippen LogP contribution in [-0.2, 0) is 11.3 Å². The number of ether oxygens (including phenoxy) is 1. The number of aromatic nitrogens is 1. The van der Waals surface area contributed by atoms with Crippen LogP contribution in [0.2, 0.25) is 15.1 Å². The summed E-state index contributed by atoms with van der Waals surface area (Å²) in [6, 6.07) is 6.92. The summed E-state index contributed by atoms with van der Waals surface area (Å²) in [4.78, 5) is 14.6. The molecule has 0 saturated carbocycles. The third-order valence-corrected chi connectivity index (χ3v) is 6.37. The Kier molecular flexibility index (Phi) is 12.9. The molecule has 0 spiro atoms. The lowest BCUT2D eigenvalue weighted by atomic mass is 10.0. The molecule has 33 heavy (non-hydrogen) atoms. The van der Waals surface area contributed by atoms with Crippen molar-refractivity contribution >= 4 is 40.8 Å². The highest BCUT2D eigenvalue weighted by molar-refractivity contribution is 6.39. The summed E-state index contributed by atoms with van der Waals surface area (Å²) in [6.07, 6.45) is 12.3. The number of benzene rings is 1. The molecule has 1 aliphatic rings.